The van der Waals surface area contributed by atoms with Gasteiger partial charge in [0.05, 0.1) is 6.17 Å². The first-order chi connectivity index (χ1) is 4.31. The molecule has 1 atom stereocenters. The van der Waals surface area contributed by atoms with Crippen molar-refractivity contribution in [3.8, 4) is 0 Å². The van der Waals surface area contributed by atoms with Crippen LogP contribution in [-0.2, 0) is 0 Å². The van der Waals surface area contributed by atoms with E-state index in [0.717, 1.165) is 25.8 Å². The SMILES string of the molecule is NCCCCC(N)NN. The molecular weight excluding hydrogens is 116 g/mol. The van der Waals surface area contributed by atoms with Gasteiger partial charge in [-0.25, -0.2) is 5.43 Å². The average Bonchev–Trinajstić information content (AvgIpc) is 1.89. The van der Waals surface area contributed by atoms with E-state index in [2.05, 4.69) is 5.43 Å². The maximum atomic E-state index is 5.44. The Morgan fingerprint density at radius 1 is 1.33 bits per heavy atom. The van der Waals surface area contributed by atoms with E-state index < -0.39 is 0 Å². The van der Waals surface area contributed by atoms with Gasteiger partial charge >= 0.3 is 0 Å². The number of unbranched alkanes of at least 4 members (excludes halogenated alkanes) is 1. The summed E-state index contributed by atoms with van der Waals surface area (Å²) >= 11 is 0. The predicted octanol–water partition coefficient (Wildman–Crippen LogP) is -1.14. The molecule has 0 fully saturated rings. The van der Waals surface area contributed by atoms with Crippen molar-refractivity contribution in [3.63, 3.8) is 0 Å². The van der Waals surface area contributed by atoms with Gasteiger partial charge in [-0.3, -0.25) is 5.84 Å². The van der Waals surface area contributed by atoms with E-state index in [4.69, 9.17) is 17.3 Å². The van der Waals surface area contributed by atoms with Crippen molar-refractivity contribution in [1.29, 1.82) is 0 Å². The Balaban J connectivity index is 2.88. The molecule has 4 heteroatoms. The summed E-state index contributed by atoms with van der Waals surface area (Å²) in [6.07, 6.45) is 2.89. The molecule has 0 heterocycles. The number of hydrogen-bond donors (Lipinski definition) is 4. The van der Waals surface area contributed by atoms with Gasteiger partial charge in [0.1, 0.15) is 0 Å². The van der Waals surface area contributed by atoms with Crippen molar-refractivity contribution in [2.75, 3.05) is 6.54 Å². The number of hydrogen-bond acceptors (Lipinski definition) is 4. The average molecular weight is 132 g/mol. The fraction of sp³-hybridized carbons (Fsp3) is 1.00. The van der Waals surface area contributed by atoms with Gasteiger partial charge in [0.25, 0.3) is 0 Å². The minimum absolute atomic E-state index is 0.0726. The summed E-state index contributed by atoms with van der Waals surface area (Å²) in [5, 5.41) is 0. The zero-order chi connectivity index (χ0) is 7.11. The van der Waals surface area contributed by atoms with Crippen molar-refractivity contribution in [2.24, 2.45) is 17.3 Å². The van der Waals surface area contributed by atoms with E-state index in [1.807, 2.05) is 0 Å². The standard InChI is InChI=1S/C5H16N4/c6-4-2-1-3-5(7)9-8/h5,9H,1-4,6-8H2. The van der Waals surface area contributed by atoms with Crippen LogP contribution in [0.3, 0.4) is 0 Å². The molecule has 4 nitrogen and oxygen atoms in total. The Labute approximate surface area is 55.7 Å². The topological polar surface area (TPSA) is 90.1 Å². The van der Waals surface area contributed by atoms with Crippen molar-refractivity contribution in [2.45, 2.75) is 25.4 Å². The van der Waals surface area contributed by atoms with Crippen molar-refractivity contribution in [1.82, 2.24) is 5.43 Å². The second kappa shape index (κ2) is 5.97. The second-order valence-corrected chi connectivity index (χ2v) is 2.06. The van der Waals surface area contributed by atoms with E-state index in [1.165, 1.54) is 0 Å². The van der Waals surface area contributed by atoms with Crippen LogP contribution in [0, 0.1) is 0 Å². The maximum Gasteiger partial charge on any atom is 0.0676 e. The molecule has 0 rings (SSSR count). The number of nitrogens with one attached hydrogen (secondary N) is 1. The smallest absolute Gasteiger partial charge is 0.0676 e. The molecule has 0 aliphatic rings. The molecule has 0 aliphatic heterocycles. The van der Waals surface area contributed by atoms with Crippen LogP contribution in [0.15, 0.2) is 0 Å². The highest BCUT2D eigenvalue weighted by Gasteiger charge is 1.95. The molecule has 0 amide bonds. The van der Waals surface area contributed by atoms with Gasteiger partial charge in [-0.2, -0.15) is 0 Å². The largest absolute Gasteiger partial charge is 0.330 e. The molecular formula is C5H16N4. The van der Waals surface area contributed by atoms with Gasteiger partial charge in [0.2, 0.25) is 0 Å². The van der Waals surface area contributed by atoms with E-state index in [9.17, 15) is 0 Å². The molecule has 0 saturated carbocycles. The normalized spacial score (nSPS) is 13.7. The lowest BCUT2D eigenvalue weighted by Gasteiger charge is -2.07. The van der Waals surface area contributed by atoms with Gasteiger partial charge in [-0.15, -0.1) is 0 Å². The quantitative estimate of drug-likeness (QED) is 0.165. The van der Waals surface area contributed by atoms with Crippen LogP contribution in [0.1, 0.15) is 19.3 Å². The molecule has 0 radical (unpaired) electrons. The number of nitrogens with two attached hydrogens (primary N) is 3. The molecule has 0 bridgehead atoms. The Hall–Kier alpha value is -0.160. The monoisotopic (exact) mass is 132 g/mol. The highest BCUT2D eigenvalue weighted by molar-refractivity contribution is 4.53. The van der Waals surface area contributed by atoms with E-state index >= 15 is 0 Å². The summed E-state index contributed by atoms with van der Waals surface area (Å²) < 4.78 is 0. The molecule has 0 aromatic rings. The first-order valence-corrected chi connectivity index (χ1v) is 3.23. The van der Waals surface area contributed by atoms with Gasteiger partial charge < -0.3 is 11.5 Å². The first kappa shape index (κ1) is 8.84. The number of hydrazine groups is 1. The molecule has 0 spiro atoms. The van der Waals surface area contributed by atoms with Crippen LogP contribution in [0.2, 0.25) is 0 Å². The second-order valence-electron chi connectivity index (χ2n) is 2.06. The van der Waals surface area contributed by atoms with Crippen LogP contribution in [0.25, 0.3) is 0 Å². The molecule has 56 valence electrons. The van der Waals surface area contributed by atoms with Gasteiger partial charge in [0.15, 0.2) is 0 Å². The zero-order valence-corrected chi connectivity index (χ0v) is 5.64. The maximum absolute atomic E-state index is 5.44. The van der Waals surface area contributed by atoms with Crippen LogP contribution in [-0.4, -0.2) is 12.7 Å². The Morgan fingerprint density at radius 2 is 2.00 bits per heavy atom. The van der Waals surface area contributed by atoms with Crippen LogP contribution in [0.4, 0.5) is 0 Å². The Morgan fingerprint density at radius 3 is 2.44 bits per heavy atom. The molecule has 0 aromatic heterocycles. The van der Waals surface area contributed by atoms with E-state index in [-0.39, 0.29) is 6.17 Å². The molecule has 0 aromatic carbocycles. The Bertz CT molecular complexity index is 56.9. The minimum atomic E-state index is -0.0726. The fourth-order valence-electron chi connectivity index (χ4n) is 0.592. The Kier molecular flexibility index (Phi) is 5.86. The molecule has 7 N–H and O–H groups in total. The van der Waals surface area contributed by atoms with Gasteiger partial charge in [-0.05, 0) is 25.8 Å². The zero-order valence-electron chi connectivity index (χ0n) is 5.64. The third-order valence-electron chi connectivity index (χ3n) is 1.18. The summed E-state index contributed by atoms with van der Waals surface area (Å²) in [5.41, 5.74) is 13.2. The molecule has 0 aliphatic carbocycles. The molecule has 1 unspecified atom stereocenters. The number of rotatable bonds is 5. The summed E-state index contributed by atoms with van der Waals surface area (Å²) in [4.78, 5) is 0. The third-order valence-corrected chi connectivity index (χ3v) is 1.18. The van der Waals surface area contributed by atoms with E-state index in [0.29, 0.717) is 0 Å². The van der Waals surface area contributed by atoms with Gasteiger partial charge in [0, 0.05) is 0 Å². The van der Waals surface area contributed by atoms with Crippen LogP contribution >= 0.6 is 0 Å². The summed E-state index contributed by atoms with van der Waals surface area (Å²) in [6.45, 7) is 0.733. The molecule has 0 saturated heterocycles. The van der Waals surface area contributed by atoms with Crippen LogP contribution < -0.4 is 22.7 Å². The lowest BCUT2D eigenvalue weighted by Crippen LogP contribution is -2.41. The van der Waals surface area contributed by atoms with Crippen molar-refractivity contribution < 1.29 is 0 Å². The fourth-order valence-corrected chi connectivity index (χ4v) is 0.592. The van der Waals surface area contributed by atoms with Crippen molar-refractivity contribution >= 4 is 0 Å². The lowest BCUT2D eigenvalue weighted by molar-refractivity contribution is 0.486. The molecule has 9 heavy (non-hydrogen) atoms. The lowest BCUT2D eigenvalue weighted by atomic mass is 10.2. The third kappa shape index (κ3) is 5.72. The van der Waals surface area contributed by atoms with Gasteiger partial charge in [-0.1, -0.05) is 0 Å². The van der Waals surface area contributed by atoms with Crippen molar-refractivity contribution in [3.05, 3.63) is 0 Å². The predicted molar refractivity (Wildman–Crippen MR) is 38.2 cm³/mol. The van der Waals surface area contributed by atoms with E-state index in [1.54, 1.807) is 0 Å². The highest BCUT2D eigenvalue weighted by Crippen LogP contribution is 1.93. The summed E-state index contributed by atoms with van der Waals surface area (Å²) in [7, 11) is 0. The van der Waals surface area contributed by atoms with Crippen LogP contribution in [0.5, 0.6) is 0 Å². The minimum Gasteiger partial charge on any atom is -0.330 e. The highest BCUT2D eigenvalue weighted by atomic mass is 15.3. The first-order valence-electron chi connectivity index (χ1n) is 3.23. The summed E-state index contributed by atoms with van der Waals surface area (Å²) in [5.74, 6) is 5.05. The summed E-state index contributed by atoms with van der Waals surface area (Å²) in [6, 6.07) is 0.